The molecule has 1 atom stereocenters. The van der Waals surface area contributed by atoms with Crippen LogP contribution in [0.2, 0.25) is 0 Å². The molecule has 0 saturated carbocycles. The Morgan fingerprint density at radius 3 is 2.90 bits per heavy atom. The van der Waals surface area contributed by atoms with E-state index in [2.05, 4.69) is 0 Å². The lowest BCUT2D eigenvalue weighted by molar-refractivity contribution is -0.384. The molecule has 1 amide bonds. The maximum atomic E-state index is 12.4. The highest BCUT2D eigenvalue weighted by Gasteiger charge is 2.26. The summed E-state index contributed by atoms with van der Waals surface area (Å²) in [6.45, 7) is 0.770. The van der Waals surface area contributed by atoms with E-state index < -0.39 is 11.0 Å². The Hall–Kier alpha value is -2.15. The number of piperidine rings is 1. The van der Waals surface area contributed by atoms with Gasteiger partial charge in [0.2, 0.25) is 0 Å². The fraction of sp³-hybridized carbons (Fsp3) is 0.462. The summed E-state index contributed by atoms with van der Waals surface area (Å²) in [4.78, 5) is 24.2. The molecule has 1 aromatic carbocycles. The Balaban J connectivity index is 2.31. The second kappa shape index (κ2) is 5.87. The van der Waals surface area contributed by atoms with Crippen molar-refractivity contribution >= 4 is 11.6 Å². The molecule has 20 heavy (non-hydrogen) atoms. The highest BCUT2D eigenvalue weighted by atomic mass is 16.6. The third-order valence-electron chi connectivity index (χ3n) is 3.31. The fourth-order valence-electron chi connectivity index (χ4n) is 2.29. The molecule has 1 unspecified atom stereocenters. The highest BCUT2D eigenvalue weighted by molar-refractivity contribution is 5.97. The molecule has 1 fully saturated rings. The van der Waals surface area contributed by atoms with Crippen LogP contribution in [0.1, 0.15) is 23.2 Å². The summed E-state index contributed by atoms with van der Waals surface area (Å²) in [6.07, 6.45) is 0.831. The number of amides is 1. The number of carbonyl (C=O) groups is 1. The number of β-amino-alcohol motifs (C(OH)–C–C–N with tert-alkyl or cyclic N) is 1. The number of rotatable bonds is 3. The molecule has 1 N–H and O–H groups in total. The number of aliphatic hydroxyl groups excluding tert-OH is 1. The topological polar surface area (TPSA) is 92.9 Å². The Morgan fingerprint density at radius 2 is 2.30 bits per heavy atom. The molecule has 7 nitrogen and oxygen atoms in total. The summed E-state index contributed by atoms with van der Waals surface area (Å²) in [5.41, 5.74) is -0.0116. The zero-order chi connectivity index (χ0) is 14.7. The first-order chi connectivity index (χ1) is 9.52. The van der Waals surface area contributed by atoms with E-state index in [0.29, 0.717) is 25.1 Å². The Labute approximate surface area is 115 Å². The maximum Gasteiger partial charge on any atom is 0.270 e. The van der Waals surface area contributed by atoms with Gasteiger partial charge < -0.3 is 14.7 Å². The molecule has 0 radical (unpaired) electrons. The van der Waals surface area contributed by atoms with Crippen LogP contribution in [-0.4, -0.2) is 47.1 Å². The Bertz CT molecular complexity index is 531. The molecule has 7 heteroatoms. The summed E-state index contributed by atoms with van der Waals surface area (Å²) in [7, 11) is 1.41. The molecule has 1 heterocycles. The zero-order valence-corrected chi connectivity index (χ0v) is 11.1. The number of hydrogen-bond donors (Lipinski definition) is 1. The van der Waals surface area contributed by atoms with Gasteiger partial charge in [0, 0.05) is 25.2 Å². The van der Waals surface area contributed by atoms with Crippen molar-refractivity contribution in [2.75, 3.05) is 20.2 Å². The summed E-state index contributed by atoms with van der Waals surface area (Å²) < 4.78 is 5.09. The standard InChI is InChI=1S/C13H16N2O5/c1-20-12-5-4-9(15(18)19)7-11(12)13(17)14-6-2-3-10(16)8-14/h4-5,7,10,16H,2-3,6,8H2,1H3. The lowest BCUT2D eigenvalue weighted by Gasteiger charge is -2.30. The number of non-ortho nitro benzene ring substituents is 1. The minimum Gasteiger partial charge on any atom is -0.496 e. The van der Waals surface area contributed by atoms with Crippen molar-refractivity contribution in [2.24, 2.45) is 0 Å². The van der Waals surface area contributed by atoms with Crippen LogP contribution in [0.25, 0.3) is 0 Å². The van der Waals surface area contributed by atoms with Crippen LogP contribution in [0.3, 0.4) is 0 Å². The molecule has 1 aliphatic heterocycles. The molecule has 0 spiro atoms. The summed E-state index contributed by atoms with van der Waals surface area (Å²) in [5.74, 6) is -0.0648. The number of nitro groups is 1. The van der Waals surface area contributed by atoms with Crippen molar-refractivity contribution in [3.8, 4) is 5.75 Å². The Morgan fingerprint density at radius 1 is 1.55 bits per heavy atom. The van der Waals surface area contributed by atoms with E-state index >= 15 is 0 Å². The van der Waals surface area contributed by atoms with Gasteiger partial charge in [0.1, 0.15) is 5.75 Å². The molecule has 1 aromatic rings. The van der Waals surface area contributed by atoms with Gasteiger partial charge in [0.05, 0.1) is 23.7 Å². The molecule has 0 bridgehead atoms. The van der Waals surface area contributed by atoms with Crippen molar-refractivity contribution in [1.29, 1.82) is 0 Å². The van der Waals surface area contributed by atoms with Gasteiger partial charge in [0.25, 0.3) is 11.6 Å². The number of benzene rings is 1. The van der Waals surface area contributed by atoms with E-state index in [4.69, 9.17) is 4.74 Å². The number of carbonyl (C=O) groups excluding carboxylic acids is 1. The molecule has 2 rings (SSSR count). The molecule has 0 aliphatic carbocycles. The zero-order valence-electron chi connectivity index (χ0n) is 11.1. The van der Waals surface area contributed by atoms with E-state index in [0.717, 1.165) is 0 Å². The molecule has 108 valence electrons. The molecular weight excluding hydrogens is 264 g/mol. The Kier molecular flexibility index (Phi) is 4.19. The van der Waals surface area contributed by atoms with Crippen LogP contribution >= 0.6 is 0 Å². The third kappa shape index (κ3) is 2.88. The predicted molar refractivity (Wildman–Crippen MR) is 70.8 cm³/mol. The number of nitro benzene ring substituents is 1. The van der Waals surface area contributed by atoms with Crippen LogP contribution in [-0.2, 0) is 0 Å². The van der Waals surface area contributed by atoms with Gasteiger partial charge >= 0.3 is 0 Å². The quantitative estimate of drug-likeness (QED) is 0.663. The number of ether oxygens (including phenoxy) is 1. The smallest absolute Gasteiger partial charge is 0.270 e. The van der Waals surface area contributed by atoms with Crippen molar-refractivity contribution in [2.45, 2.75) is 18.9 Å². The highest BCUT2D eigenvalue weighted by Crippen LogP contribution is 2.26. The largest absolute Gasteiger partial charge is 0.496 e. The van der Waals surface area contributed by atoms with Gasteiger partial charge in [-0.15, -0.1) is 0 Å². The van der Waals surface area contributed by atoms with Crippen molar-refractivity contribution in [1.82, 2.24) is 4.90 Å². The predicted octanol–water partition coefficient (Wildman–Crippen LogP) is 1.20. The average molecular weight is 280 g/mol. The van der Waals surface area contributed by atoms with Crippen LogP contribution < -0.4 is 4.74 Å². The van der Waals surface area contributed by atoms with Crippen LogP contribution in [0.4, 0.5) is 5.69 Å². The van der Waals surface area contributed by atoms with Gasteiger partial charge in [-0.05, 0) is 18.9 Å². The van der Waals surface area contributed by atoms with E-state index in [1.807, 2.05) is 0 Å². The normalized spacial score (nSPS) is 18.7. The number of aliphatic hydroxyl groups is 1. The van der Waals surface area contributed by atoms with Gasteiger partial charge in [-0.1, -0.05) is 0 Å². The number of methoxy groups -OCH3 is 1. The van der Waals surface area contributed by atoms with Gasteiger partial charge in [-0.25, -0.2) is 0 Å². The average Bonchev–Trinajstić information content (AvgIpc) is 2.45. The fourth-order valence-corrected chi connectivity index (χ4v) is 2.29. The second-order valence-corrected chi connectivity index (χ2v) is 4.69. The lowest BCUT2D eigenvalue weighted by atomic mass is 10.1. The van der Waals surface area contributed by atoms with Crippen LogP contribution in [0.15, 0.2) is 18.2 Å². The summed E-state index contributed by atoms with van der Waals surface area (Å²) >= 11 is 0. The first kappa shape index (κ1) is 14.3. The number of likely N-dealkylation sites (tertiary alicyclic amines) is 1. The van der Waals surface area contributed by atoms with E-state index in [9.17, 15) is 20.0 Å². The van der Waals surface area contributed by atoms with Crippen molar-refractivity contribution < 1.29 is 19.6 Å². The minimum atomic E-state index is -0.554. The van der Waals surface area contributed by atoms with Crippen LogP contribution in [0, 0.1) is 10.1 Å². The summed E-state index contributed by atoms with van der Waals surface area (Å²) in [5, 5.41) is 20.4. The van der Waals surface area contributed by atoms with Crippen molar-refractivity contribution in [3.63, 3.8) is 0 Å². The van der Waals surface area contributed by atoms with E-state index in [-0.39, 0.29) is 23.7 Å². The molecule has 1 saturated heterocycles. The molecule has 0 aromatic heterocycles. The van der Waals surface area contributed by atoms with Crippen molar-refractivity contribution in [3.05, 3.63) is 33.9 Å². The third-order valence-corrected chi connectivity index (χ3v) is 3.31. The van der Waals surface area contributed by atoms with Gasteiger partial charge in [-0.3, -0.25) is 14.9 Å². The minimum absolute atomic E-state index is 0.149. The van der Waals surface area contributed by atoms with Gasteiger partial charge in [0.15, 0.2) is 0 Å². The van der Waals surface area contributed by atoms with Gasteiger partial charge in [-0.2, -0.15) is 0 Å². The molecular formula is C13H16N2O5. The number of nitrogens with zero attached hydrogens (tertiary/aromatic N) is 2. The first-order valence-corrected chi connectivity index (χ1v) is 6.32. The van der Waals surface area contributed by atoms with E-state index in [1.54, 1.807) is 0 Å². The SMILES string of the molecule is COc1ccc([N+](=O)[O-])cc1C(=O)N1CCCC(O)C1. The second-order valence-electron chi connectivity index (χ2n) is 4.69. The monoisotopic (exact) mass is 280 g/mol. The first-order valence-electron chi connectivity index (χ1n) is 6.32. The molecule has 1 aliphatic rings. The number of hydrogen-bond acceptors (Lipinski definition) is 5. The maximum absolute atomic E-state index is 12.4. The summed E-state index contributed by atoms with van der Waals surface area (Å²) in [6, 6.07) is 3.91. The van der Waals surface area contributed by atoms with E-state index in [1.165, 1.54) is 30.2 Å². The van der Waals surface area contributed by atoms with Crippen LogP contribution in [0.5, 0.6) is 5.75 Å². The lowest BCUT2D eigenvalue weighted by Crippen LogP contribution is -2.42.